The molecule has 1 N–H and O–H groups in total. The highest BCUT2D eigenvalue weighted by Crippen LogP contribution is 2.24. The maximum Gasteiger partial charge on any atom is 0.264 e. The first-order valence-corrected chi connectivity index (χ1v) is 10.7. The van der Waals surface area contributed by atoms with Gasteiger partial charge >= 0.3 is 0 Å². The van der Waals surface area contributed by atoms with Crippen molar-refractivity contribution in [3.05, 3.63) is 89.0 Å². The number of rotatable bonds is 5. The van der Waals surface area contributed by atoms with Gasteiger partial charge in [0.1, 0.15) is 0 Å². The van der Waals surface area contributed by atoms with Gasteiger partial charge in [-0.1, -0.05) is 42.0 Å². The van der Waals surface area contributed by atoms with E-state index in [9.17, 15) is 13.2 Å². The number of sulfonamides is 1. The molecule has 0 fully saturated rings. The Labute approximate surface area is 172 Å². The molecule has 0 aliphatic heterocycles. The fraction of sp³-hybridized carbons (Fsp3) is 0.174. The Morgan fingerprint density at radius 2 is 1.45 bits per heavy atom. The van der Waals surface area contributed by atoms with Crippen LogP contribution in [-0.4, -0.2) is 21.4 Å². The van der Waals surface area contributed by atoms with Crippen molar-refractivity contribution in [2.45, 2.75) is 25.7 Å². The van der Waals surface area contributed by atoms with Crippen LogP contribution < -0.4 is 9.62 Å². The summed E-state index contributed by atoms with van der Waals surface area (Å²) in [7, 11) is -2.29. The van der Waals surface area contributed by atoms with Gasteiger partial charge in [0.2, 0.25) is 0 Å². The Morgan fingerprint density at radius 3 is 2.07 bits per heavy atom. The van der Waals surface area contributed by atoms with Gasteiger partial charge in [0.15, 0.2) is 0 Å². The van der Waals surface area contributed by atoms with Gasteiger partial charge in [-0.05, 0) is 62.2 Å². The van der Waals surface area contributed by atoms with Crippen LogP contribution in [0.25, 0.3) is 0 Å². The topological polar surface area (TPSA) is 66.5 Å². The molecule has 0 saturated heterocycles. The molecule has 0 spiro atoms. The Morgan fingerprint density at radius 1 is 0.862 bits per heavy atom. The first-order chi connectivity index (χ1) is 13.7. The molecule has 150 valence electrons. The van der Waals surface area contributed by atoms with Crippen molar-refractivity contribution in [3.63, 3.8) is 0 Å². The minimum atomic E-state index is -3.80. The zero-order chi connectivity index (χ0) is 21.2. The number of nitrogens with zero attached hydrogens (tertiary/aromatic N) is 1. The van der Waals surface area contributed by atoms with Crippen LogP contribution in [0, 0.1) is 20.8 Å². The molecule has 0 bridgehead atoms. The van der Waals surface area contributed by atoms with Gasteiger partial charge in [-0.2, -0.15) is 0 Å². The zero-order valence-electron chi connectivity index (χ0n) is 16.9. The van der Waals surface area contributed by atoms with Gasteiger partial charge in [-0.15, -0.1) is 0 Å². The van der Waals surface area contributed by atoms with Gasteiger partial charge in [-0.25, -0.2) is 8.42 Å². The number of carbonyl (C=O) groups is 1. The van der Waals surface area contributed by atoms with Crippen molar-refractivity contribution in [1.82, 2.24) is 0 Å². The molecule has 5 nitrogen and oxygen atoms in total. The van der Waals surface area contributed by atoms with Crippen LogP contribution in [-0.2, 0) is 10.0 Å². The van der Waals surface area contributed by atoms with E-state index in [4.69, 9.17) is 0 Å². The minimum Gasteiger partial charge on any atom is -0.322 e. The molecule has 3 aromatic rings. The average molecular weight is 409 g/mol. The van der Waals surface area contributed by atoms with Crippen LogP contribution >= 0.6 is 0 Å². The second-order valence-electron chi connectivity index (χ2n) is 7.06. The Balaban J connectivity index is 1.90. The lowest BCUT2D eigenvalue weighted by Gasteiger charge is -2.20. The molecule has 1 amide bonds. The summed E-state index contributed by atoms with van der Waals surface area (Å²) in [5.41, 5.74) is 4.52. The van der Waals surface area contributed by atoms with Gasteiger partial charge < -0.3 is 5.32 Å². The summed E-state index contributed by atoms with van der Waals surface area (Å²) in [5.74, 6) is -0.350. The lowest BCUT2D eigenvalue weighted by molar-refractivity contribution is 0.102. The number of hydrogen-bond acceptors (Lipinski definition) is 3. The van der Waals surface area contributed by atoms with Crippen LogP contribution in [0.5, 0.6) is 0 Å². The van der Waals surface area contributed by atoms with Crippen LogP contribution in [0.15, 0.2) is 71.6 Å². The van der Waals surface area contributed by atoms with E-state index in [0.29, 0.717) is 5.69 Å². The summed E-state index contributed by atoms with van der Waals surface area (Å²) in [6, 6.07) is 19.1. The molecule has 0 saturated carbocycles. The molecule has 0 aliphatic carbocycles. The zero-order valence-corrected chi connectivity index (χ0v) is 17.7. The number of para-hydroxylation sites is 1. The number of aryl methyl sites for hydroxylation is 3. The van der Waals surface area contributed by atoms with Crippen LogP contribution in [0.4, 0.5) is 11.4 Å². The smallest absolute Gasteiger partial charge is 0.264 e. The van der Waals surface area contributed by atoms with Crippen molar-refractivity contribution in [2.24, 2.45) is 0 Å². The van der Waals surface area contributed by atoms with Gasteiger partial charge in [0.05, 0.1) is 10.6 Å². The summed E-state index contributed by atoms with van der Waals surface area (Å²) < 4.78 is 27.3. The van der Waals surface area contributed by atoms with E-state index in [1.807, 2.05) is 51.1 Å². The highest BCUT2D eigenvalue weighted by atomic mass is 32.2. The highest BCUT2D eigenvalue weighted by molar-refractivity contribution is 7.92. The standard InChI is InChI=1S/C23H24N2O3S/c1-16-11-13-20(14-12-16)25(4)29(27,28)21-10-6-9-19(15-21)23(26)24-22-17(2)7-5-8-18(22)3/h5-15H,1-4H3,(H,24,26). The lowest BCUT2D eigenvalue weighted by Crippen LogP contribution is -2.27. The normalized spacial score (nSPS) is 11.2. The molecule has 0 radical (unpaired) electrons. The van der Waals surface area contributed by atoms with E-state index in [1.54, 1.807) is 24.3 Å². The minimum absolute atomic E-state index is 0.0646. The second-order valence-corrected chi connectivity index (χ2v) is 9.03. The summed E-state index contributed by atoms with van der Waals surface area (Å²) in [4.78, 5) is 12.8. The van der Waals surface area contributed by atoms with E-state index < -0.39 is 10.0 Å². The van der Waals surface area contributed by atoms with Gasteiger partial charge in [0, 0.05) is 18.3 Å². The molecule has 3 aromatic carbocycles. The van der Waals surface area contributed by atoms with Crippen molar-refractivity contribution in [2.75, 3.05) is 16.7 Å². The predicted molar refractivity (Wildman–Crippen MR) is 117 cm³/mol. The number of carbonyl (C=O) groups excluding carboxylic acids is 1. The van der Waals surface area contributed by atoms with E-state index in [1.165, 1.54) is 23.5 Å². The fourth-order valence-electron chi connectivity index (χ4n) is 3.05. The Bertz CT molecular complexity index is 1130. The van der Waals surface area contributed by atoms with E-state index in [-0.39, 0.29) is 16.4 Å². The molecular weight excluding hydrogens is 384 g/mol. The summed E-state index contributed by atoms with van der Waals surface area (Å²) in [5, 5.41) is 2.89. The van der Waals surface area contributed by atoms with Gasteiger partial charge in [0.25, 0.3) is 15.9 Å². The fourth-order valence-corrected chi connectivity index (χ4v) is 4.29. The van der Waals surface area contributed by atoms with Crippen LogP contribution in [0.2, 0.25) is 0 Å². The van der Waals surface area contributed by atoms with Crippen molar-refractivity contribution >= 4 is 27.3 Å². The van der Waals surface area contributed by atoms with E-state index in [2.05, 4.69) is 5.32 Å². The molecule has 3 rings (SSSR count). The SMILES string of the molecule is Cc1ccc(N(C)S(=O)(=O)c2cccc(C(=O)Nc3c(C)cccc3C)c2)cc1. The second kappa shape index (κ2) is 8.09. The highest BCUT2D eigenvalue weighted by Gasteiger charge is 2.22. The summed E-state index contributed by atoms with van der Waals surface area (Å²) in [6.45, 7) is 5.77. The third-order valence-electron chi connectivity index (χ3n) is 4.87. The van der Waals surface area contributed by atoms with E-state index >= 15 is 0 Å². The third kappa shape index (κ3) is 4.32. The predicted octanol–water partition coefficient (Wildman–Crippen LogP) is 4.69. The first kappa shape index (κ1) is 20.6. The van der Waals surface area contributed by atoms with Gasteiger partial charge in [-0.3, -0.25) is 9.10 Å². The number of amides is 1. The lowest BCUT2D eigenvalue weighted by atomic mass is 10.1. The molecule has 29 heavy (non-hydrogen) atoms. The molecular formula is C23H24N2O3S. The largest absolute Gasteiger partial charge is 0.322 e. The van der Waals surface area contributed by atoms with E-state index in [0.717, 1.165) is 22.4 Å². The molecule has 0 heterocycles. The summed E-state index contributed by atoms with van der Waals surface area (Å²) >= 11 is 0. The first-order valence-electron chi connectivity index (χ1n) is 9.23. The maximum atomic E-state index is 13.1. The number of hydrogen-bond donors (Lipinski definition) is 1. The maximum absolute atomic E-state index is 13.1. The Kier molecular flexibility index (Phi) is 5.75. The quantitative estimate of drug-likeness (QED) is 0.666. The molecule has 0 unspecified atom stereocenters. The van der Waals surface area contributed by atoms with Crippen molar-refractivity contribution < 1.29 is 13.2 Å². The van der Waals surface area contributed by atoms with Crippen LogP contribution in [0.1, 0.15) is 27.0 Å². The van der Waals surface area contributed by atoms with Crippen LogP contribution in [0.3, 0.4) is 0 Å². The molecule has 0 atom stereocenters. The monoisotopic (exact) mass is 408 g/mol. The number of anilines is 2. The number of benzene rings is 3. The average Bonchev–Trinajstić information content (AvgIpc) is 2.71. The third-order valence-corrected chi connectivity index (χ3v) is 6.65. The molecule has 6 heteroatoms. The van der Waals surface area contributed by atoms with Crippen molar-refractivity contribution in [3.8, 4) is 0 Å². The number of nitrogens with one attached hydrogen (secondary N) is 1. The van der Waals surface area contributed by atoms with Crippen molar-refractivity contribution in [1.29, 1.82) is 0 Å². The molecule has 0 aliphatic rings. The summed E-state index contributed by atoms with van der Waals surface area (Å²) in [6.07, 6.45) is 0. The molecule has 0 aromatic heterocycles. The Hall–Kier alpha value is -3.12.